The number of carboxylic acid groups (broad SMARTS) is 4. The summed E-state index contributed by atoms with van der Waals surface area (Å²) in [6.45, 7) is 16.2. The minimum absolute atomic E-state index is 0.0186. The van der Waals surface area contributed by atoms with E-state index in [-0.39, 0.29) is 70.4 Å². The number of aromatic amines is 1. The lowest BCUT2D eigenvalue weighted by molar-refractivity contribution is -0.143. The van der Waals surface area contributed by atoms with Gasteiger partial charge in [-0.25, -0.2) is 9.78 Å². The molecule has 0 aliphatic carbocycles. The average Bonchev–Trinajstić information content (AvgIpc) is 1.35. The zero-order chi connectivity index (χ0) is 89.1. The topological polar surface area (TPSA) is 736 Å². The lowest BCUT2D eigenvalue weighted by Crippen LogP contribution is -2.61. The van der Waals surface area contributed by atoms with Crippen molar-refractivity contribution in [1.82, 2.24) is 89.7 Å². The first-order valence-corrected chi connectivity index (χ1v) is 38.7. The molecule has 17 atom stereocenters. The average molecular weight is 1660 g/mol. The fraction of sp³-hybridized carbons (Fsp3) is 0.681. The molecule has 16 amide bonds. The van der Waals surface area contributed by atoms with E-state index in [0.29, 0.717) is 31.4 Å². The van der Waals surface area contributed by atoms with E-state index in [4.69, 9.17) is 22.9 Å². The largest absolute Gasteiger partial charge is 0.481 e. The summed E-state index contributed by atoms with van der Waals surface area (Å²) in [5.74, 6) is -22.4. The van der Waals surface area contributed by atoms with Crippen molar-refractivity contribution in [1.29, 1.82) is 0 Å². The number of carbonyl (C=O) groups is 20. The molecule has 1 heterocycles. The number of hydrogen-bond acceptors (Lipinski definition) is 24. The second-order valence-corrected chi connectivity index (χ2v) is 28.9. The van der Waals surface area contributed by atoms with Gasteiger partial charge in [0, 0.05) is 31.2 Å². The monoisotopic (exact) mass is 1660 g/mol. The van der Waals surface area contributed by atoms with E-state index in [1.807, 2.05) is 0 Å². The van der Waals surface area contributed by atoms with Gasteiger partial charge < -0.3 is 128 Å². The summed E-state index contributed by atoms with van der Waals surface area (Å²) in [6.07, 6.45) is 0.440. The fourth-order valence-electron chi connectivity index (χ4n) is 11.0. The lowest BCUT2D eigenvalue weighted by Gasteiger charge is -2.29. The van der Waals surface area contributed by atoms with Crippen LogP contribution in [0.2, 0.25) is 0 Å². The highest BCUT2D eigenvalue weighted by Crippen LogP contribution is 2.15. The Kier molecular flexibility index (Phi) is 47.4. The lowest BCUT2D eigenvalue weighted by atomic mass is 9.97. The number of primary amides is 1. The number of carboxylic acids is 4. The predicted molar refractivity (Wildman–Crippen MR) is 415 cm³/mol. The molecule has 1 aromatic heterocycles. The van der Waals surface area contributed by atoms with Crippen LogP contribution >= 0.6 is 0 Å². The first-order valence-electron chi connectivity index (χ1n) is 38.7. The van der Waals surface area contributed by atoms with Crippen molar-refractivity contribution >= 4 is 118 Å². The number of unbranched alkanes of at least 4 members (excludes halogenated alkanes) is 3. The van der Waals surface area contributed by atoms with E-state index in [0.717, 1.165) is 6.92 Å². The van der Waals surface area contributed by atoms with Gasteiger partial charge in [-0.3, -0.25) is 91.1 Å². The molecule has 0 saturated heterocycles. The number of carbonyl (C=O) groups excluding carboxylic acids is 16. The van der Waals surface area contributed by atoms with Crippen LogP contribution in [-0.4, -0.2) is 259 Å². The van der Waals surface area contributed by atoms with Crippen LogP contribution in [0.1, 0.15) is 191 Å². The van der Waals surface area contributed by atoms with E-state index in [1.54, 1.807) is 34.6 Å². The van der Waals surface area contributed by atoms with Crippen LogP contribution in [0.25, 0.3) is 0 Å². The van der Waals surface area contributed by atoms with E-state index in [1.165, 1.54) is 47.1 Å². The number of nitrogens with one attached hydrogen (secondary N) is 16. The third-order valence-corrected chi connectivity index (χ3v) is 18.2. The van der Waals surface area contributed by atoms with Crippen molar-refractivity contribution in [2.24, 2.45) is 34.8 Å². The van der Waals surface area contributed by atoms with Crippen molar-refractivity contribution in [2.75, 3.05) is 13.1 Å². The van der Waals surface area contributed by atoms with Gasteiger partial charge in [-0.2, -0.15) is 0 Å². The summed E-state index contributed by atoms with van der Waals surface area (Å²) in [5.41, 5.74) is 22.3. The van der Waals surface area contributed by atoms with Gasteiger partial charge in [0.25, 0.3) is 0 Å². The zero-order valence-electron chi connectivity index (χ0n) is 67.9. The summed E-state index contributed by atoms with van der Waals surface area (Å²) in [6, 6.07) is -23.9. The number of H-pyrrole nitrogens is 1. The normalized spacial score (nSPS) is 15.4. The Labute approximate surface area is 676 Å². The van der Waals surface area contributed by atoms with Crippen LogP contribution in [-0.2, 0) is 102 Å². The summed E-state index contributed by atoms with van der Waals surface area (Å²) in [5, 5.41) is 74.6. The molecule has 45 nitrogen and oxygen atoms in total. The minimum Gasteiger partial charge on any atom is -0.481 e. The Bertz CT molecular complexity index is 3570. The molecular weight excluding hydrogens is 1540 g/mol. The van der Waals surface area contributed by atoms with Gasteiger partial charge in [-0.15, -0.1) is 0 Å². The minimum atomic E-state index is -1.90. The number of imidazole rings is 1. The molecule has 1 aromatic rings. The maximum Gasteiger partial charge on any atom is 0.326 e. The molecule has 0 aromatic carbocycles. The zero-order valence-corrected chi connectivity index (χ0v) is 67.9. The molecule has 0 aliphatic rings. The number of hydrogen-bond donors (Lipinski definition) is 24. The standard InChI is InChI=1S/C72H121N21O24/c1-12-14-19-44(86-70(114)51(31-55(99)100)90-61(105)39(9)80-58(102)37(7)82-63(107)43(75)30-52(76)94)65(109)87-46(22-24-53(95)96)64(108)83-38(8)59(103)79-36(6)57(101)81-41(11)62(106)93-56(35(5)13-2)71(115)88-45(20-15-17-26-73)66(110)92-50(29-42-32-77-33-78-42)69(113)91-49(28-34(3)4)68(112)84-40(10)60(104)85-47(23-25-54(97)98)67(111)89-48(72(116)117)21-16-18-27-74/h32-41,43-51,56H,12-31,73-75H2,1-11H3,(H2,76,94)(H,77,78)(H,79,103)(H,80,102)(H,81,101)(H,82,107)(H,83,108)(H,84,112)(H,85,104)(H,86,114)(H,87,109)(H,88,115)(H,89,111)(H,90,105)(H,91,113)(H,92,110)(H,93,106)(H,95,96)(H,97,98)(H,99,100)(H,116,117)/t35-,36-,37-,38-,39-,40-,41-,43-,44-,45-,46-,47-,48-,49-,50-,51-,56-/m0/s1. The van der Waals surface area contributed by atoms with E-state index >= 15 is 0 Å². The van der Waals surface area contributed by atoms with Gasteiger partial charge in [-0.05, 0) is 131 Å². The van der Waals surface area contributed by atoms with Gasteiger partial charge in [0.2, 0.25) is 94.5 Å². The maximum absolute atomic E-state index is 14.5. The predicted octanol–water partition coefficient (Wildman–Crippen LogP) is -6.62. The molecule has 0 radical (unpaired) electrons. The van der Waals surface area contributed by atoms with Crippen molar-refractivity contribution in [2.45, 2.75) is 288 Å². The first kappa shape index (κ1) is 103. The third kappa shape index (κ3) is 40.1. The smallest absolute Gasteiger partial charge is 0.326 e. The first-order chi connectivity index (χ1) is 54.8. The van der Waals surface area contributed by atoms with Crippen LogP contribution in [0, 0.1) is 11.8 Å². The summed E-state index contributed by atoms with van der Waals surface area (Å²) >= 11 is 0. The number of aliphatic carboxylic acids is 4. The SMILES string of the molecule is CCCC[C@H](NC(=O)[C@H](CC(=O)O)NC(=O)[C@H](C)NC(=O)[C@H](C)NC(=O)[C@@H](N)CC(N)=O)C(=O)N[C@@H](CCC(=O)O)C(=O)N[C@@H](C)C(=O)N[C@@H](C)C(=O)N[C@@H](C)C(=O)N[C@H](C(=O)N[C@@H](CCCCN)C(=O)N[C@@H](Cc1cnc[nH]1)C(=O)N[C@@H](CC(C)C)C(=O)N[C@@H](C)C(=O)N[C@@H](CCC(=O)O)C(=O)N[C@@H](CCCCN)C(=O)O)[C@@H](C)CC. The van der Waals surface area contributed by atoms with Gasteiger partial charge in [0.1, 0.15) is 90.6 Å². The molecular formula is C72H121N21O24. The highest BCUT2D eigenvalue weighted by molar-refractivity contribution is 6.01. The van der Waals surface area contributed by atoms with Crippen molar-refractivity contribution < 1.29 is 116 Å². The van der Waals surface area contributed by atoms with Gasteiger partial charge in [0.15, 0.2) is 0 Å². The van der Waals surface area contributed by atoms with Crippen LogP contribution in [0.5, 0.6) is 0 Å². The summed E-state index contributed by atoms with van der Waals surface area (Å²) in [4.78, 5) is 271. The van der Waals surface area contributed by atoms with Crippen LogP contribution in [0.4, 0.5) is 0 Å². The van der Waals surface area contributed by atoms with Crippen LogP contribution in [0.3, 0.4) is 0 Å². The number of rotatable bonds is 58. The second kappa shape index (κ2) is 53.6. The third-order valence-electron chi connectivity index (χ3n) is 18.2. The van der Waals surface area contributed by atoms with Gasteiger partial charge in [-0.1, -0.05) is 53.9 Å². The molecule has 0 fully saturated rings. The van der Waals surface area contributed by atoms with Crippen molar-refractivity contribution in [3.63, 3.8) is 0 Å². The number of amides is 16. The Morgan fingerprint density at radius 3 is 1.10 bits per heavy atom. The summed E-state index contributed by atoms with van der Waals surface area (Å²) in [7, 11) is 0. The maximum atomic E-state index is 14.5. The molecule has 1 rings (SSSR count). The highest BCUT2D eigenvalue weighted by atomic mass is 16.4. The van der Waals surface area contributed by atoms with E-state index in [2.05, 4.69) is 89.7 Å². The van der Waals surface area contributed by atoms with E-state index < -0.39 is 260 Å². The fourth-order valence-corrected chi connectivity index (χ4v) is 11.0. The molecule has 0 saturated carbocycles. The quantitative estimate of drug-likeness (QED) is 0.0270. The van der Waals surface area contributed by atoms with Gasteiger partial charge in [0.05, 0.1) is 25.2 Å². The molecule has 0 bridgehead atoms. The second-order valence-electron chi connectivity index (χ2n) is 28.9. The van der Waals surface area contributed by atoms with Crippen LogP contribution < -0.4 is 103 Å². The molecule has 658 valence electrons. The molecule has 117 heavy (non-hydrogen) atoms. The Morgan fingerprint density at radius 2 is 0.709 bits per heavy atom. The van der Waals surface area contributed by atoms with Crippen LogP contribution in [0.15, 0.2) is 12.5 Å². The molecule has 0 aliphatic heterocycles. The summed E-state index contributed by atoms with van der Waals surface area (Å²) < 4.78 is 0. The highest BCUT2D eigenvalue weighted by Gasteiger charge is 2.39. The molecule has 0 unspecified atom stereocenters. The molecule has 45 heteroatoms. The number of aromatic nitrogens is 2. The Morgan fingerprint density at radius 1 is 0.376 bits per heavy atom. The molecule has 0 spiro atoms. The van der Waals surface area contributed by atoms with Crippen molar-refractivity contribution in [3.8, 4) is 0 Å². The Balaban J connectivity index is 3.36. The number of nitrogens with zero attached hydrogens (tertiary/aromatic N) is 1. The van der Waals surface area contributed by atoms with E-state index in [9.17, 15) is 116 Å². The Hall–Kier alpha value is -11.5. The van der Waals surface area contributed by atoms with Gasteiger partial charge >= 0.3 is 23.9 Å². The van der Waals surface area contributed by atoms with Crippen molar-refractivity contribution in [3.05, 3.63) is 18.2 Å². The number of nitrogens with two attached hydrogens (primary N) is 4. The molecule has 28 N–H and O–H groups in total.